The van der Waals surface area contributed by atoms with Gasteiger partial charge >= 0.3 is 0 Å². The Bertz CT molecular complexity index is 742. The molecule has 2 heterocycles. The monoisotopic (exact) mass is 336 g/mol. The highest BCUT2D eigenvalue weighted by molar-refractivity contribution is 7.91. The Morgan fingerprint density at radius 1 is 1.22 bits per heavy atom. The summed E-state index contributed by atoms with van der Waals surface area (Å²) in [4.78, 5) is 16.6. The minimum absolute atomic E-state index is 0.0287. The van der Waals surface area contributed by atoms with E-state index in [0.717, 1.165) is 12.1 Å². The lowest BCUT2D eigenvalue weighted by molar-refractivity contribution is -0.119. The lowest BCUT2D eigenvalue weighted by Gasteiger charge is -2.32. The third-order valence-electron chi connectivity index (χ3n) is 5.13. The molecule has 1 saturated heterocycles. The highest BCUT2D eigenvalue weighted by Gasteiger charge is 2.33. The predicted octanol–water partition coefficient (Wildman–Crippen LogP) is 1.31. The van der Waals surface area contributed by atoms with Crippen LogP contribution in [0.15, 0.2) is 12.1 Å². The predicted molar refractivity (Wildman–Crippen MR) is 91.7 cm³/mol. The van der Waals surface area contributed by atoms with Gasteiger partial charge in [0.05, 0.1) is 11.5 Å². The van der Waals surface area contributed by atoms with E-state index >= 15 is 0 Å². The van der Waals surface area contributed by atoms with Crippen molar-refractivity contribution in [3.05, 3.63) is 28.8 Å². The van der Waals surface area contributed by atoms with Crippen molar-refractivity contribution in [3.63, 3.8) is 0 Å². The van der Waals surface area contributed by atoms with E-state index in [1.807, 2.05) is 16.8 Å². The number of aryl methyl sites for hydroxylation is 2. The maximum Gasteiger partial charge on any atom is 0.228 e. The number of anilines is 1. The Morgan fingerprint density at radius 2 is 1.91 bits per heavy atom. The van der Waals surface area contributed by atoms with Crippen molar-refractivity contribution in [1.29, 1.82) is 0 Å². The van der Waals surface area contributed by atoms with Gasteiger partial charge in [0.15, 0.2) is 9.84 Å². The molecule has 1 aromatic carbocycles. The van der Waals surface area contributed by atoms with Gasteiger partial charge in [-0.05, 0) is 50.1 Å². The van der Waals surface area contributed by atoms with E-state index in [0.29, 0.717) is 13.1 Å². The number of carbonyl (C=O) groups is 1. The topological polar surface area (TPSA) is 57.7 Å². The van der Waals surface area contributed by atoms with Crippen molar-refractivity contribution in [2.24, 2.45) is 0 Å². The number of hydrogen-bond acceptors (Lipinski definition) is 4. The smallest absolute Gasteiger partial charge is 0.228 e. The fraction of sp³-hybridized carbons (Fsp3) is 0.588. The lowest BCUT2D eigenvalue weighted by Crippen LogP contribution is -2.48. The van der Waals surface area contributed by atoms with Crippen LogP contribution in [-0.4, -0.2) is 56.9 Å². The van der Waals surface area contributed by atoms with E-state index < -0.39 is 9.84 Å². The number of nitrogens with zero attached hydrogens (tertiary/aromatic N) is 2. The van der Waals surface area contributed by atoms with Crippen molar-refractivity contribution in [3.8, 4) is 0 Å². The number of hydrogen-bond donors (Lipinski definition) is 0. The molecule has 1 atom stereocenters. The molecule has 1 aromatic rings. The number of amides is 1. The molecule has 0 aliphatic carbocycles. The Hall–Kier alpha value is -1.40. The molecular weight excluding hydrogens is 312 g/mol. The SMILES string of the molecule is Cc1cc2c(cc1C)N(C(=O)CC1CS(=O)(=O)CCN1C)CC2. The zero-order valence-corrected chi connectivity index (χ0v) is 14.8. The quantitative estimate of drug-likeness (QED) is 0.817. The average Bonchev–Trinajstić information content (AvgIpc) is 2.86. The third kappa shape index (κ3) is 3.28. The van der Waals surface area contributed by atoms with Gasteiger partial charge < -0.3 is 9.80 Å². The molecule has 1 amide bonds. The lowest BCUT2D eigenvalue weighted by atomic mass is 10.0. The second-order valence-corrected chi connectivity index (χ2v) is 9.04. The molecule has 1 fully saturated rings. The van der Waals surface area contributed by atoms with E-state index in [2.05, 4.69) is 26.0 Å². The van der Waals surface area contributed by atoms with Gasteiger partial charge in [0.2, 0.25) is 5.91 Å². The third-order valence-corrected chi connectivity index (χ3v) is 6.82. The van der Waals surface area contributed by atoms with Gasteiger partial charge in [0.1, 0.15) is 0 Å². The van der Waals surface area contributed by atoms with Crippen LogP contribution in [0.1, 0.15) is 23.1 Å². The molecule has 0 radical (unpaired) electrons. The summed E-state index contributed by atoms with van der Waals surface area (Å²) in [7, 11) is -1.12. The second kappa shape index (κ2) is 5.91. The fourth-order valence-electron chi connectivity index (χ4n) is 3.42. The average molecular weight is 336 g/mol. The van der Waals surface area contributed by atoms with Gasteiger partial charge in [-0.3, -0.25) is 4.79 Å². The van der Waals surface area contributed by atoms with Gasteiger partial charge in [0.25, 0.3) is 0 Å². The number of rotatable bonds is 2. The van der Waals surface area contributed by atoms with Crippen molar-refractivity contribution in [2.75, 3.05) is 36.5 Å². The van der Waals surface area contributed by atoms with Crippen molar-refractivity contribution < 1.29 is 13.2 Å². The van der Waals surface area contributed by atoms with E-state index in [9.17, 15) is 13.2 Å². The van der Waals surface area contributed by atoms with E-state index in [1.54, 1.807) is 0 Å². The van der Waals surface area contributed by atoms with Gasteiger partial charge in [-0.25, -0.2) is 8.42 Å². The van der Waals surface area contributed by atoms with E-state index in [4.69, 9.17) is 0 Å². The summed E-state index contributed by atoms with van der Waals surface area (Å²) in [5.41, 5.74) is 4.64. The Morgan fingerprint density at radius 3 is 2.65 bits per heavy atom. The largest absolute Gasteiger partial charge is 0.312 e. The first-order valence-corrected chi connectivity index (χ1v) is 9.90. The molecule has 0 bridgehead atoms. The molecule has 0 spiro atoms. The van der Waals surface area contributed by atoms with E-state index in [-0.39, 0.29) is 29.9 Å². The Balaban J connectivity index is 1.77. The molecule has 5 nitrogen and oxygen atoms in total. The summed E-state index contributed by atoms with van der Waals surface area (Å²) in [6.07, 6.45) is 1.14. The van der Waals surface area contributed by atoms with E-state index in [1.165, 1.54) is 16.7 Å². The van der Waals surface area contributed by atoms with Gasteiger partial charge in [-0.1, -0.05) is 6.07 Å². The summed E-state index contributed by atoms with van der Waals surface area (Å²) in [6.45, 7) is 5.34. The van der Waals surface area contributed by atoms with Crippen LogP contribution < -0.4 is 4.90 Å². The summed E-state index contributed by atoms with van der Waals surface area (Å²) in [6, 6.07) is 4.03. The summed E-state index contributed by atoms with van der Waals surface area (Å²) in [5, 5.41) is 0. The minimum Gasteiger partial charge on any atom is -0.312 e. The Labute approximate surface area is 138 Å². The van der Waals surface area contributed by atoms with Crippen LogP contribution in [0.3, 0.4) is 0 Å². The van der Waals surface area contributed by atoms with Crippen LogP contribution in [0.4, 0.5) is 5.69 Å². The molecule has 2 aliphatic heterocycles. The summed E-state index contributed by atoms with van der Waals surface area (Å²) in [5.74, 6) is 0.308. The van der Waals surface area contributed by atoms with Crippen LogP contribution in [-0.2, 0) is 21.1 Å². The van der Waals surface area contributed by atoms with Crippen molar-refractivity contribution in [2.45, 2.75) is 32.7 Å². The Kier molecular flexibility index (Phi) is 4.23. The molecule has 0 saturated carbocycles. The molecule has 0 N–H and O–H groups in total. The van der Waals surface area contributed by atoms with Gasteiger partial charge in [-0.2, -0.15) is 0 Å². The molecular formula is C17H24N2O3S. The van der Waals surface area contributed by atoms with Crippen LogP contribution in [0.25, 0.3) is 0 Å². The number of fused-ring (bicyclic) bond motifs is 1. The number of benzene rings is 1. The van der Waals surface area contributed by atoms with Gasteiger partial charge in [0, 0.05) is 31.2 Å². The van der Waals surface area contributed by atoms with Crippen LogP contribution >= 0.6 is 0 Å². The zero-order valence-electron chi connectivity index (χ0n) is 14.0. The maximum absolute atomic E-state index is 12.7. The van der Waals surface area contributed by atoms with Gasteiger partial charge in [-0.15, -0.1) is 0 Å². The summed E-state index contributed by atoms with van der Waals surface area (Å²) >= 11 is 0. The first-order chi connectivity index (χ1) is 10.8. The van der Waals surface area contributed by atoms with Crippen LogP contribution in [0, 0.1) is 13.8 Å². The molecule has 6 heteroatoms. The van der Waals surface area contributed by atoms with Crippen LogP contribution in [0.2, 0.25) is 0 Å². The number of sulfone groups is 1. The number of carbonyl (C=O) groups excluding carboxylic acids is 1. The maximum atomic E-state index is 12.7. The molecule has 126 valence electrons. The molecule has 2 aliphatic rings. The molecule has 0 aromatic heterocycles. The normalized spacial score (nSPS) is 23.8. The first kappa shape index (κ1) is 16.5. The fourth-order valence-corrected chi connectivity index (χ4v) is 5.11. The highest BCUT2D eigenvalue weighted by Crippen LogP contribution is 2.31. The van der Waals surface area contributed by atoms with Crippen LogP contribution in [0.5, 0.6) is 0 Å². The second-order valence-electron chi connectivity index (χ2n) is 6.81. The molecule has 1 unspecified atom stereocenters. The molecule has 23 heavy (non-hydrogen) atoms. The van der Waals surface area contributed by atoms with Crippen molar-refractivity contribution in [1.82, 2.24) is 4.90 Å². The first-order valence-electron chi connectivity index (χ1n) is 8.08. The highest BCUT2D eigenvalue weighted by atomic mass is 32.2. The minimum atomic E-state index is -3.02. The summed E-state index contributed by atoms with van der Waals surface area (Å²) < 4.78 is 23.7. The standard InChI is InChI=1S/C17H24N2O3S/c1-12-8-14-4-5-19(16(14)9-13(12)2)17(20)10-15-11-23(21,22)7-6-18(15)3/h8-9,15H,4-7,10-11H2,1-3H3. The molecule has 3 rings (SSSR count). The zero-order chi connectivity index (χ0) is 16.8. The van der Waals surface area contributed by atoms with Crippen molar-refractivity contribution >= 4 is 21.4 Å².